The molecule has 3 aromatic rings. The molecular weight excluding hydrogens is 371 g/mol. The third-order valence-electron chi connectivity index (χ3n) is 3.75. The van der Waals surface area contributed by atoms with Gasteiger partial charge in [0.15, 0.2) is 5.69 Å². The second kappa shape index (κ2) is 7.40. The lowest BCUT2D eigenvalue weighted by molar-refractivity contribution is 0.101. The smallest absolute Gasteiger partial charge is 0.280 e. The highest BCUT2D eigenvalue weighted by molar-refractivity contribution is 6.32. The molecule has 0 atom stereocenters. The number of hydrogen-bond acceptors (Lipinski definition) is 4. The molecule has 3 rings (SSSR count). The number of aryl methyl sites for hydroxylation is 1. The van der Waals surface area contributed by atoms with Gasteiger partial charge in [-0.2, -0.15) is 10.4 Å². The van der Waals surface area contributed by atoms with E-state index in [1.165, 1.54) is 47.1 Å². The third-order valence-corrected chi connectivity index (χ3v) is 4.06. The van der Waals surface area contributed by atoms with Crippen LogP contribution in [0.4, 0.5) is 10.1 Å². The number of halogens is 2. The lowest BCUT2D eigenvalue weighted by Crippen LogP contribution is -2.27. The summed E-state index contributed by atoms with van der Waals surface area (Å²) in [5, 5.41) is 15.6. The van der Waals surface area contributed by atoms with Gasteiger partial charge < -0.3 is 5.32 Å². The second-order valence-corrected chi connectivity index (χ2v) is 6.03. The van der Waals surface area contributed by atoms with Gasteiger partial charge in [-0.1, -0.05) is 23.7 Å². The molecule has 1 N–H and O–H groups in total. The van der Waals surface area contributed by atoms with Crippen LogP contribution in [0.5, 0.6) is 0 Å². The van der Waals surface area contributed by atoms with Crippen molar-refractivity contribution in [3.8, 4) is 11.8 Å². The molecule has 0 aliphatic carbocycles. The van der Waals surface area contributed by atoms with Crippen molar-refractivity contribution in [1.29, 1.82) is 5.26 Å². The van der Waals surface area contributed by atoms with Crippen LogP contribution in [0, 0.1) is 24.1 Å². The minimum absolute atomic E-state index is 0.116. The van der Waals surface area contributed by atoms with E-state index in [-0.39, 0.29) is 16.3 Å². The van der Waals surface area contributed by atoms with Crippen molar-refractivity contribution >= 4 is 23.2 Å². The minimum atomic E-state index is -0.772. The highest BCUT2D eigenvalue weighted by Crippen LogP contribution is 2.20. The number of nitrogens with one attached hydrogen (secondary N) is 1. The van der Waals surface area contributed by atoms with Crippen molar-refractivity contribution in [2.75, 3.05) is 5.32 Å². The van der Waals surface area contributed by atoms with E-state index in [4.69, 9.17) is 16.9 Å². The molecule has 0 saturated carbocycles. The zero-order chi connectivity index (χ0) is 19.6. The summed E-state index contributed by atoms with van der Waals surface area (Å²) in [6, 6.07) is 13.3. The van der Waals surface area contributed by atoms with Crippen LogP contribution < -0.4 is 10.7 Å². The van der Waals surface area contributed by atoms with Gasteiger partial charge in [-0.3, -0.25) is 9.59 Å². The summed E-state index contributed by atoms with van der Waals surface area (Å²) >= 11 is 5.94. The van der Waals surface area contributed by atoms with Crippen molar-refractivity contribution in [3.63, 3.8) is 0 Å². The third kappa shape index (κ3) is 3.71. The fraction of sp³-hybridized carbons (Fsp3) is 0.0526. The highest BCUT2D eigenvalue weighted by Gasteiger charge is 2.17. The normalized spacial score (nSPS) is 10.3. The van der Waals surface area contributed by atoms with Crippen LogP contribution in [0.15, 0.2) is 53.3 Å². The molecule has 2 aromatic carbocycles. The Kier molecular flexibility index (Phi) is 5.01. The predicted molar refractivity (Wildman–Crippen MR) is 98.6 cm³/mol. The fourth-order valence-electron chi connectivity index (χ4n) is 2.45. The number of amides is 1. The molecule has 0 bridgehead atoms. The Labute approximate surface area is 158 Å². The molecule has 27 heavy (non-hydrogen) atoms. The number of benzene rings is 2. The van der Waals surface area contributed by atoms with Gasteiger partial charge in [0.25, 0.3) is 5.91 Å². The number of rotatable bonds is 3. The Hall–Kier alpha value is -3.50. The maximum atomic E-state index is 14.1. The van der Waals surface area contributed by atoms with E-state index in [1.54, 1.807) is 13.0 Å². The Morgan fingerprint density at radius 1 is 1.26 bits per heavy atom. The Balaban J connectivity index is 1.99. The predicted octanol–water partition coefficient (Wildman–Crippen LogP) is 3.46. The monoisotopic (exact) mass is 382 g/mol. The van der Waals surface area contributed by atoms with Crippen molar-refractivity contribution in [3.05, 3.63) is 86.5 Å². The van der Waals surface area contributed by atoms with Crippen LogP contribution in [0.2, 0.25) is 5.02 Å². The first-order valence-electron chi connectivity index (χ1n) is 7.77. The van der Waals surface area contributed by atoms with Crippen molar-refractivity contribution in [2.45, 2.75) is 6.92 Å². The van der Waals surface area contributed by atoms with E-state index in [2.05, 4.69) is 10.4 Å². The van der Waals surface area contributed by atoms with Gasteiger partial charge in [0.1, 0.15) is 17.6 Å². The molecule has 0 radical (unpaired) electrons. The van der Waals surface area contributed by atoms with Gasteiger partial charge in [-0.25, -0.2) is 9.07 Å². The van der Waals surface area contributed by atoms with Gasteiger partial charge in [0, 0.05) is 17.4 Å². The van der Waals surface area contributed by atoms with Crippen LogP contribution in [-0.4, -0.2) is 15.7 Å². The van der Waals surface area contributed by atoms with Gasteiger partial charge >= 0.3 is 0 Å². The summed E-state index contributed by atoms with van der Waals surface area (Å²) in [5.41, 5.74) is 0.0449. The van der Waals surface area contributed by atoms with E-state index in [9.17, 15) is 14.0 Å². The average molecular weight is 383 g/mol. The second-order valence-electron chi connectivity index (χ2n) is 5.62. The van der Waals surface area contributed by atoms with Crippen LogP contribution >= 0.6 is 11.6 Å². The van der Waals surface area contributed by atoms with Crippen LogP contribution in [0.1, 0.15) is 21.7 Å². The number of nitrogens with zero attached hydrogens (tertiary/aromatic N) is 3. The summed E-state index contributed by atoms with van der Waals surface area (Å²) in [6.07, 6.45) is 0. The van der Waals surface area contributed by atoms with E-state index >= 15 is 0 Å². The molecule has 8 heteroatoms. The van der Waals surface area contributed by atoms with Crippen molar-refractivity contribution < 1.29 is 9.18 Å². The zero-order valence-corrected chi connectivity index (χ0v) is 14.8. The van der Waals surface area contributed by atoms with E-state index in [0.29, 0.717) is 11.4 Å². The summed E-state index contributed by atoms with van der Waals surface area (Å²) in [5.74, 6) is -1.31. The molecule has 6 nitrogen and oxygen atoms in total. The minimum Gasteiger partial charge on any atom is -0.320 e. The summed E-state index contributed by atoms with van der Waals surface area (Å²) < 4.78 is 15.3. The quantitative estimate of drug-likeness (QED) is 0.751. The van der Waals surface area contributed by atoms with Gasteiger partial charge in [0.2, 0.25) is 5.43 Å². The highest BCUT2D eigenvalue weighted by atomic mass is 35.5. The first-order chi connectivity index (χ1) is 12.9. The van der Waals surface area contributed by atoms with Crippen LogP contribution in [0.3, 0.4) is 0 Å². The molecule has 1 amide bonds. The van der Waals surface area contributed by atoms with E-state index in [0.717, 1.165) is 0 Å². The number of carbonyl (C=O) groups is 1. The average Bonchev–Trinajstić information content (AvgIpc) is 2.63. The Morgan fingerprint density at radius 2 is 2.00 bits per heavy atom. The van der Waals surface area contributed by atoms with E-state index < -0.39 is 22.8 Å². The maximum absolute atomic E-state index is 14.1. The Morgan fingerprint density at radius 3 is 2.67 bits per heavy atom. The molecule has 0 aliphatic rings. The molecule has 1 aromatic heterocycles. The molecule has 0 spiro atoms. The standard InChI is InChI=1S/C19H12ClFN4O2/c1-11-8-17(26)18(24-25(11)16-5-3-2-4-15(16)21)19(27)23-13-7-6-12(10-22)14(20)9-13/h2-9H,1H3,(H,23,27). The molecule has 0 fully saturated rings. The summed E-state index contributed by atoms with van der Waals surface area (Å²) in [7, 11) is 0. The molecule has 1 heterocycles. The number of hydrogen-bond donors (Lipinski definition) is 1. The number of para-hydroxylation sites is 1. The lowest BCUT2D eigenvalue weighted by atomic mass is 10.2. The van der Waals surface area contributed by atoms with Gasteiger partial charge in [-0.15, -0.1) is 0 Å². The molecule has 0 aliphatic heterocycles. The number of anilines is 1. The summed E-state index contributed by atoms with van der Waals surface area (Å²) in [4.78, 5) is 24.7. The van der Waals surface area contributed by atoms with Crippen molar-refractivity contribution in [1.82, 2.24) is 9.78 Å². The zero-order valence-electron chi connectivity index (χ0n) is 14.0. The van der Waals surface area contributed by atoms with Gasteiger partial charge in [-0.05, 0) is 37.3 Å². The van der Waals surface area contributed by atoms with Gasteiger partial charge in [0.05, 0.1) is 10.6 Å². The molecule has 0 saturated heterocycles. The van der Waals surface area contributed by atoms with Crippen LogP contribution in [-0.2, 0) is 0 Å². The molecular formula is C19H12ClFN4O2. The maximum Gasteiger partial charge on any atom is 0.280 e. The SMILES string of the molecule is Cc1cc(=O)c(C(=O)Nc2ccc(C#N)c(Cl)c2)nn1-c1ccccc1F. The largest absolute Gasteiger partial charge is 0.320 e. The topological polar surface area (TPSA) is 87.8 Å². The summed E-state index contributed by atoms with van der Waals surface area (Å²) in [6.45, 7) is 1.59. The number of carbonyl (C=O) groups excluding carboxylic acids is 1. The lowest BCUT2D eigenvalue weighted by Gasteiger charge is -2.12. The first-order valence-corrected chi connectivity index (χ1v) is 8.15. The fourth-order valence-corrected chi connectivity index (χ4v) is 2.67. The number of aromatic nitrogens is 2. The molecule has 0 unspecified atom stereocenters. The first kappa shape index (κ1) is 18.3. The number of nitriles is 1. The molecule has 134 valence electrons. The Bertz CT molecular complexity index is 1150. The van der Waals surface area contributed by atoms with E-state index in [1.807, 2.05) is 6.07 Å². The van der Waals surface area contributed by atoms with Crippen molar-refractivity contribution in [2.24, 2.45) is 0 Å². The van der Waals surface area contributed by atoms with Crippen LogP contribution in [0.25, 0.3) is 5.69 Å².